The summed E-state index contributed by atoms with van der Waals surface area (Å²) in [6.45, 7) is 1.70. The molecule has 0 fully saturated rings. The van der Waals surface area contributed by atoms with Gasteiger partial charge in [0.15, 0.2) is 5.13 Å². The Bertz CT molecular complexity index is 715. The summed E-state index contributed by atoms with van der Waals surface area (Å²) >= 11 is 12.8. The lowest BCUT2D eigenvalue weighted by atomic mass is 10.2. The number of nitrogens with one attached hydrogen (secondary N) is 1. The molecular formula is C13H10Cl2N2O3S. The number of carboxylic acid groups (broad SMARTS) is 1. The first-order valence-electron chi connectivity index (χ1n) is 5.81. The number of rotatable bonds is 4. The van der Waals surface area contributed by atoms with E-state index < -0.39 is 5.97 Å². The van der Waals surface area contributed by atoms with Crippen LogP contribution in [0.2, 0.25) is 10.0 Å². The van der Waals surface area contributed by atoms with Gasteiger partial charge in [0.05, 0.1) is 22.2 Å². The summed E-state index contributed by atoms with van der Waals surface area (Å²) in [4.78, 5) is 27.5. The van der Waals surface area contributed by atoms with E-state index in [1.165, 1.54) is 12.1 Å². The molecule has 0 unspecified atom stereocenters. The normalized spacial score (nSPS) is 10.4. The van der Waals surface area contributed by atoms with Crippen molar-refractivity contribution in [1.82, 2.24) is 4.98 Å². The van der Waals surface area contributed by atoms with Crippen LogP contribution in [0.3, 0.4) is 0 Å². The minimum atomic E-state index is -0.941. The molecule has 1 aromatic heterocycles. The Balaban J connectivity index is 2.15. The van der Waals surface area contributed by atoms with Crippen LogP contribution in [0.5, 0.6) is 0 Å². The van der Waals surface area contributed by atoms with Gasteiger partial charge in [0.25, 0.3) is 5.91 Å². The lowest BCUT2D eigenvalue weighted by Gasteiger charge is -2.03. The van der Waals surface area contributed by atoms with Crippen molar-refractivity contribution in [2.24, 2.45) is 0 Å². The van der Waals surface area contributed by atoms with Crippen molar-refractivity contribution in [1.29, 1.82) is 0 Å². The van der Waals surface area contributed by atoms with Gasteiger partial charge in [-0.1, -0.05) is 23.2 Å². The number of thiazole rings is 1. The summed E-state index contributed by atoms with van der Waals surface area (Å²) < 4.78 is 0. The average molecular weight is 345 g/mol. The number of halogens is 2. The molecule has 0 atom stereocenters. The van der Waals surface area contributed by atoms with Gasteiger partial charge in [0, 0.05) is 10.4 Å². The molecule has 2 N–H and O–H groups in total. The highest BCUT2D eigenvalue weighted by Gasteiger charge is 2.14. The monoisotopic (exact) mass is 344 g/mol. The van der Waals surface area contributed by atoms with Crippen molar-refractivity contribution in [2.75, 3.05) is 5.32 Å². The third-order valence-corrected chi connectivity index (χ3v) is 4.42. The number of hydrogen-bond acceptors (Lipinski definition) is 4. The Kier molecular flexibility index (Phi) is 4.82. The molecule has 0 bridgehead atoms. The molecular weight excluding hydrogens is 335 g/mol. The number of aryl methyl sites for hydroxylation is 1. The maximum atomic E-state index is 12.1. The SMILES string of the molecule is Cc1nc(NC(=O)c2ccc(Cl)c(Cl)c2)sc1CC(=O)O. The van der Waals surface area contributed by atoms with Crippen molar-refractivity contribution < 1.29 is 14.7 Å². The number of aliphatic carboxylic acids is 1. The molecule has 110 valence electrons. The largest absolute Gasteiger partial charge is 0.481 e. The zero-order valence-electron chi connectivity index (χ0n) is 10.8. The summed E-state index contributed by atoms with van der Waals surface area (Å²) in [5.41, 5.74) is 0.934. The van der Waals surface area contributed by atoms with Crippen molar-refractivity contribution in [2.45, 2.75) is 13.3 Å². The fourth-order valence-corrected chi connectivity index (χ4v) is 2.84. The second-order valence-electron chi connectivity index (χ2n) is 4.18. The maximum absolute atomic E-state index is 12.1. The zero-order chi connectivity index (χ0) is 15.6. The number of anilines is 1. The summed E-state index contributed by atoms with van der Waals surface area (Å²) in [7, 11) is 0. The minimum absolute atomic E-state index is 0.119. The van der Waals surface area contributed by atoms with Crippen molar-refractivity contribution >= 4 is 51.5 Å². The van der Waals surface area contributed by atoms with Gasteiger partial charge in [-0.15, -0.1) is 11.3 Å². The van der Waals surface area contributed by atoms with E-state index in [9.17, 15) is 9.59 Å². The molecule has 1 aromatic carbocycles. The molecule has 0 saturated carbocycles. The molecule has 8 heteroatoms. The highest BCUT2D eigenvalue weighted by atomic mass is 35.5. The maximum Gasteiger partial charge on any atom is 0.308 e. The Morgan fingerprint density at radius 2 is 2.05 bits per heavy atom. The van der Waals surface area contributed by atoms with Crippen LogP contribution in [0.25, 0.3) is 0 Å². The number of amides is 1. The van der Waals surface area contributed by atoms with Crippen molar-refractivity contribution in [3.63, 3.8) is 0 Å². The summed E-state index contributed by atoms with van der Waals surface area (Å²) in [6, 6.07) is 4.53. The first-order valence-corrected chi connectivity index (χ1v) is 7.38. The molecule has 0 saturated heterocycles. The lowest BCUT2D eigenvalue weighted by Crippen LogP contribution is -2.11. The molecule has 2 rings (SSSR count). The first-order chi connectivity index (χ1) is 9.86. The highest BCUT2D eigenvalue weighted by molar-refractivity contribution is 7.16. The van der Waals surface area contributed by atoms with E-state index in [2.05, 4.69) is 10.3 Å². The van der Waals surface area contributed by atoms with Crippen LogP contribution in [-0.2, 0) is 11.2 Å². The molecule has 0 aliphatic rings. The number of hydrogen-bond donors (Lipinski definition) is 2. The van der Waals surface area contributed by atoms with Crippen molar-refractivity contribution in [3.05, 3.63) is 44.4 Å². The van der Waals surface area contributed by atoms with Gasteiger partial charge in [-0.05, 0) is 25.1 Å². The average Bonchev–Trinajstić information content (AvgIpc) is 2.72. The number of aromatic nitrogens is 1. The van der Waals surface area contributed by atoms with E-state index in [1.807, 2.05) is 0 Å². The molecule has 1 amide bonds. The van der Waals surface area contributed by atoms with Gasteiger partial charge in [-0.2, -0.15) is 0 Å². The molecule has 1 heterocycles. The van der Waals surface area contributed by atoms with E-state index in [0.717, 1.165) is 11.3 Å². The van der Waals surface area contributed by atoms with E-state index in [0.29, 0.717) is 26.3 Å². The molecule has 21 heavy (non-hydrogen) atoms. The van der Waals surface area contributed by atoms with Crippen molar-refractivity contribution in [3.8, 4) is 0 Å². The standard InChI is InChI=1S/C13H10Cl2N2O3S/c1-6-10(5-11(18)19)21-13(16-6)17-12(20)7-2-3-8(14)9(15)4-7/h2-4H,5H2,1H3,(H,18,19)(H,16,17,20). The van der Waals surface area contributed by atoms with E-state index >= 15 is 0 Å². The van der Waals surface area contributed by atoms with Crippen LogP contribution in [-0.4, -0.2) is 22.0 Å². The van der Waals surface area contributed by atoms with Crippen LogP contribution >= 0.6 is 34.5 Å². The molecule has 2 aromatic rings. The fourth-order valence-electron chi connectivity index (χ4n) is 1.59. The van der Waals surface area contributed by atoms with E-state index in [-0.39, 0.29) is 17.4 Å². The van der Waals surface area contributed by atoms with E-state index in [1.54, 1.807) is 13.0 Å². The second-order valence-corrected chi connectivity index (χ2v) is 6.08. The Morgan fingerprint density at radius 1 is 1.33 bits per heavy atom. The Morgan fingerprint density at radius 3 is 2.67 bits per heavy atom. The van der Waals surface area contributed by atoms with Crippen LogP contribution in [0.15, 0.2) is 18.2 Å². The summed E-state index contributed by atoms with van der Waals surface area (Å²) in [5, 5.41) is 12.4. The summed E-state index contributed by atoms with van der Waals surface area (Å²) in [6.07, 6.45) is -0.119. The number of nitrogens with zero attached hydrogens (tertiary/aromatic N) is 1. The number of carbonyl (C=O) groups is 2. The lowest BCUT2D eigenvalue weighted by molar-refractivity contribution is -0.136. The van der Waals surface area contributed by atoms with Gasteiger partial charge in [-0.25, -0.2) is 4.98 Å². The van der Waals surface area contributed by atoms with E-state index in [4.69, 9.17) is 28.3 Å². The van der Waals surface area contributed by atoms with Crippen LogP contribution in [0.4, 0.5) is 5.13 Å². The van der Waals surface area contributed by atoms with Gasteiger partial charge >= 0.3 is 5.97 Å². The quantitative estimate of drug-likeness (QED) is 0.887. The molecule has 0 aliphatic carbocycles. The van der Waals surface area contributed by atoms with Crippen LogP contribution in [0, 0.1) is 6.92 Å². The number of benzene rings is 1. The predicted molar refractivity (Wildman–Crippen MR) is 82.6 cm³/mol. The van der Waals surface area contributed by atoms with Gasteiger partial charge in [0.2, 0.25) is 0 Å². The van der Waals surface area contributed by atoms with Gasteiger partial charge in [-0.3, -0.25) is 14.9 Å². The molecule has 0 aliphatic heterocycles. The minimum Gasteiger partial charge on any atom is -0.481 e. The smallest absolute Gasteiger partial charge is 0.308 e. The molecule has 5 nitrogen and oxygen atoms in total. The predicted octanol–water partition coefficient (Wildman–Crippen LogP) is 3.64. The molecule has 0 radical (unpaired) electrons. The topological polar surface area (TPSA) is 79.3 Å². The highest BCUT2D eigenvalue weighted by Crippen LogP contribution is 2.25. The Labute approximate surface area is 134 Å². The van der Waals surface area contributed by atoms with Gasteiger partial charge < -0.3 is 5.11 Å². The number of carbonyl (C=O) groups excluding carboxylic acids is 1. The Hall–Kier alpha value is -1.63. The second kappa shape index (κ2) is 6.43. The third kappa shape index (κ3) is 3.93. The van der Waals surface area contributed by atoms with Gasteiger partial charge in [0.1, 0.15) is 0 Å². The summed E-state index contributed by atoms with van der Waals surface area (Å²) in [5.74, 6) is -1.33. The third-order valence-electron chi connectivity index (χ3n) is 2.61. The zero-order valence-corrected chi connectivity index (χ0v) is 13.1. The van der Waals surface area contributed by atoms with Crippen LogP contribution in [0.1, 0.15) is 20.9 Å². The van der Waals surface area contributed by atoms with Crippen LogP contribution < -0.4 is 5.32 Å². The molecule has 0 spiro atoms. The first kappa shape index (κ1) is 15.8. The fraction of sp³-hybridized carbons (Fsp3) is 0.154. The number of carboxylic acids is 1.